The first-order valence-corrected chi connectivity index (χ1v) is 13.1. The molecule has 0 saturated carbocycles. The van der Waals surface area contributed by atoms with Crippen molar-refractivity contribution in [1.82, 2.24) is 4.98 Å². The number of fused-ring (bicyclic) bond motifs is 2. The highest BCUT2D eigenvalue weighted by molar-refractivity contribution is 5.94. The molecule has 2 heterocycles. The van der Waals surface area contributed by atoms with Crippen LogP contribution in [0.1, 0.15) is 49.9 Å². The number of carbonyl (C=O) groups excluding carboxylic acids is 1. The molecule has 1 N–H and O–H groups in total. The number of aromatic hydroxyl groups is 1. The number of esters is 1. The number of phenols is 1. The van der Waals surface area contributed by atoms with E-state index in [2.05, 4.69) is 48.0 Å². The van der Waals surface area contributed by atoms with Gasteiger partial charge in [-0.2, -0.15) is 0 Å². The lowest BCUT2D eigenvalue weighted by Gasteiger charge is -2.24. The van der Waals surface area contributed by atoms with Crippen molar-refractivity contribution in [3.63, 3.8) is 0 Å². The molecule has 7 heteroatoms. The first-order chi connectivity index (χ1) is 18.5. The van der Waals surface area contributed by atoms with Crippen molar-refractivity contribution in [3.8, 4) is 28.5 Å². The third-order valence-electron chi connectivity index (χ3n) is 6.75. The lowest BCUT2D eigenvalue weighted by molar-refractivity contribution is 0.0601. The second-order valence-corrected chi connectivity index (χ2v) is 9.45. The largest absolute Gasteiger partial charge is 0.507 e. The number of rotatable bonds is 10. The standard InChI is InChI=1S/C31H32N2O5/c1-4-6-14-33(15-7-5-2)23-11-8-20(9-12-23)28-18-22-16-24(26(34)19-29(22)37-28)30-32-25-17-21(31(35)36-3)10-13-27(25)38-30/h8-13,16-19,34H,4-7,14-15H2,1-3H3. The van der Waals surface area contributed by atoms with E-state index in [0.717, 1.165) is 29.8 Å². The van der Waals surface area contributed by atoms with E-state index in [1.165, 1.54) is 38.5 Å². The highest BCUT2D eigenvalue weighted by Crippen LogP contribution is 2.38. The molecule has 2 aromatic heterocycles. The normalized spacial score (nSPS) is 11.3. The van der Waals surface area contributed by atoms with Crippen molar-refractivity contribution >= 4 is 33.7 Å². The van der Waals surface area contributed by atoms with Gasteiger partial charge in [0.15, 0.2) is 5.58 Å². The molecule has 5 rings (SSSR count). The first kappa shape index (κ1) is 25.4. The number of carbonyl (C=O) groups is 1. The average Bonchev–Trinajstić information content (AvgIpc) is 3.55. The summed E-state index contributed by atoms with van der Waals surface area (Å²) in [6.07, 6.45) is 4.69. The van der Waals surface area contributed by atoms with Crippen LogP contribution >= 0.6 is 0 Å². The Kier molecular flexibility index (Phi) is 7.36. The van der Waals surface area contributed by atoms with Crippen LogP contribution in [0.4, 0.5) is 5.69 Å². The molecule has 0 fully saturated rings. The fraction of sp³-hybridized carbons (Fsp3) is 0.290. The summed E-state index contributed by atoms with van der Waals surface area (Å²) in [6.45, 7) is 6.55. The van der Waals surface area contributed by atoms with E-state index in [-0.39, 0.29) is 11.6 Å². The van der Waals surface area contributed by atoms with Crippen LogP contribution in [0.3, 0.4) is 0 Å². The van der Waals surface area contributed by atoms with E-state index in [9.17, 15) is 9.90 Å². The Labute approximate surface area is 221 Å². The van der Waals surface area contributed by atoms with Gasteiger partial charge in [-0.05, 0) is 67.4 Å². The van der Waals surface area contributed by atoms with E-state index in [1.54, 1.807) is 30.3 Å². The third kappa shape index (κ3) is 5.09. The van der Waals surface area contributed by atoms with Crippen molar-refractivity contribution in [3.05, 3.63) is 66.2 Å². The predicted molar refractivity (Wildman–Crippen MR) is 150 cm³/mol. The summed E-state index contributed by atoms with van der Waals surface area (Å²) in [4.78, 5) is 18.8. The van der Waals surface area contributed by atoms with Crippen molar-refractivity contribution in [2.45, 2.75) is 39.5 Å². The van der Waals surface area contributed by atoms with Gasteiger partial charge >= 0.3 is 5.97 Å². The molecule has 7 nitrogen and oxygen atoms in total. The summed E-state index contributed by atoms with van der Waals surface area (Å²) in [5.41, 5.74) is 4.59. The number of hydrogen-bond acceptors (Lipinski definition) is 7. The van der Waals surface area contributed by atoms with E-state index in [0.29, 0.717) is 27.8 Å². The molecule has 0 radical (unpaired) electrons. The van der Waals surface area contributed by atoms with Gasteiger partial charge in [-0.25, -0.2) is 9.78 Å². The van der Waals surface area contributed by atoms with Crippen LogP contribution < -0.4 is 4.90 Å². The van der Waals surface area contributed by atoms with Gasteiger partial charge in [-0.3, -0.25) is 0 Å². The molecule has 5 aromatic rings. The summed E-state index contributed by atoms with van der Waals surface area (Å²) in [5, 5.41) is 11.6. The zero-order chi connectivity index (χ0) is 26.6. The molecule has 0 aliphatic rings. The first-order valence-electron chi connectivity index (χ1n) is 13.1. The van der Waals surface area contributed by atoms with Gasteiger partial charge in [0.05, 0.1) is 18.2 Å². The molecule has 0 aliphatic carbocycles. The zero-order valence-electron chi connectivity index (χ0n) is 22.0. The lowest BCUT2D eigenvalue weighted by atomic mass is 10.1. The Morgan fingerprint density at radius 3 is 2.34 bits per heavy atom. The molecule has 0 bridgehead atoms. The number of nitrogens with zero attached hydrogens (tertiary/aromatic N) is 2. The van der Waals surface area contributed by atoms with Crippen LogP contribution in [-0.2, 0) is 4.74 Å². The smallest absolute Gasteiger partial charge is 0.337 e. The van der Waals surface area contributed by atoms with Gasteiger partial charge < -0.3 is 23.6 Å². The Balaban J connectivity index is 1.43. The molecule has 0 unspecified atom stereocenters. The van der Waals surface area contributed by atoms with Crippen molar-refractivity contribution < 1.29 is 23.5 Å². The second kappa shape index (κ2) is 11.0. The number of hydrogen-bond donors (Lipinski definition) is 1. The highest BCUT2D eigenvalue weighted by Gasteiger charge is 2.18. The molecule has 0 aliphatic heterocycles. The van der Waals surface area contributed by atoms with Gasteiger partial charge in [-0.1, -0.05) is 26.7 Å². The van der Waals surface area contributed by atoms with E-state index >= 15 is 0 Å². The van der Waals surface area contributed by atoms with E-state index < -0.39 is 5.97 Å². The Morgan fingerprint density at radius 1 is 0.921 bits per heavy atom. The number of furan rings is 1. The van der Waals surface area contributed by atoms with Crippen LogP contribution in [0.25, 0.3) is 44.8 Å². The van der Waals surface area contributed by atoms with Gasteiger partial charge in [-0.15, -0.1) is 0 Å². The number of phenolic OH excluding ortho intramolecular Hbond substituents is 1. The van der Waals surface area contributed by atoms with Gasteiger partial charge in [0.25, 0.3) is 0 Å². The third-order valence-corrected chi connectivity index (χ3v) is 6.75. The molecule has 0 amide bonds. The maximum Gasteiger partial charge on any atom is 0.337 e. The van der Waals surface area contributed by atoms with E-state index in [1.807, 2.05) is 6.07 Å². The fourth-order valence-electron chi connectivity index (χ4n) is 4.58. The second-order valence-electron chi connectivity index (χ2n) is 9.45. The molecule has 3 aromatic carbocycles. The number of oxazole rings is 1. The van der Waals surface area contributed by atoms with Gasteiger partial charge in [0.2, 0.25) is 5.89 Å². The quantitative estimate of drug-likeness (QED) is 0.191. The Hall–Kier alpha value is -4.26. The van der Waals surface area contributed by atoms with Gasteiger partial charge in [0, 0.05) is 35.8 Å². The minimum atomic E-state index is -0.450. The predicted octanol–water partition coefficient (Wildman–Crippen LogP) is 7.81. The maximum absolute atomic E-state index is 11.9. The van der Waals surface area contributed by atoms with Crippen LogP contribution in [0, 0.1) is 0 Å². The van der Waals surface area contributed by atoms with Crippen molar-refractivity contribution in [2.24, 2.45) is 0 Å². The summed E-state index contributed by atoms with van der Waals surface area (Å²) in [7, 11) is 1.33. The number of benzene rings is 3. The summed E-state index contributed by atoms with van der Waals surface area (Å²) in [6, 6.07) is 18.7. The molecule has 0 saturated heterocycles. The number of anilines is 1. The molecule has 0 atom stereocenters. The monoisotopic (exact) mass is 512 g/mol. The van der Waals surface area contributed by atoms with E-state index in [4.69, 9.17) is 13.6 Å². The van der Waals surface area contributed by atoms with Gasteiger partial charge in [0.1, 0.15) is 22.6 Å². The number of ether oxygens (including phenoxy) is 1. The molecule has 196 valence electrons. The van der Waals surface area contributed by atoms with Crippen molar-refractivity contribution in [1.29, 1.82) is 0 Å². The minimum Gasteiger partial charge on any atom is -0.507 e. The summed E-state index contributed by atoms with van der Waals surface area (Å²) >= 11 is 0. The minimum absolute atomic E-state index is 0.00372. The average molecular weight is 513 g/mol. The summed E-state index contributed by atoms with van der Waals surface area (Å²) < 4.78 is 16.8. The van der Waals surface area contributed by atoms with Crippen LogP contribution in [0.5, 0.6) is 5.75 Å². The number of methoxy groups -OCH3 is 1. The lowest BCUT2D eigenvalue weighted by Crippen LogP contribution is -2.25. The fourth-order valence-corrected chi connectivity index (χ4v) is 4.58. The molecular formula is C31H32N2O5. The van der Waals surface area contributed by atoms with Crippen LogP contribution in [-0.4, -0.2) is 36.3 Å². The highest BCUT2D eigenvalue weighted by atomic mass is 16.5. The van der Waals surface area contributed by atoms with Crippen LogP contribution in [0.2, 0.25) is 0 Å². The van der Waals surface area contributed by atoms with Crippen LogP contribution in [0.15, 0.2) is 69.5 Å². The Morgan fingerprint density at radius 2 is 1.66 bits per heavy atom. The molecular weight excluding hydrogens is 480 g/mol. The maximum atomic E-state index is 11.9. The Bertz CT molecular complexity index is 1560. The molecule has 0 spiro atoms. The summed E-state index contributed by atoms with van der Waals surface area (Å²) in [5.74, 6) is 0.523. The SMILES string of the molecule is CCCCN(CCCC)c1ccc(-c2cc3cc(-c4nc5cc(C(=O)OC)ccc5o4)c(O)cc3o2)cc1. The molecule has 38 heavy (non-hydrogen) atoms. The zero-order valence-corrected chi connectivity index (χ0v) is 22.0. The number of aromatic nitrogens is 1. The number of unbranched alkanes of at least 4 members (excludes halogenated alkanes) is 2. The van der Waals surface area contributed by atoms with Crippen molar-refractivity contribution in [2.75, 3.05) is 25.1 Å². The topological polar surface area (TPSA) is 88.9 Å².